The largest absolute Gasteiger partial charge is 0.355 e. The van der Waals surface area contributed by atoms with E-state index in [1.807, 2.05) is 0 Å². The molecule has 0 radical (unpaired) electrons. The summed E-state index contributed by atoms with van der Waals surface area (Å²) in [5.74, 6) is 0. The Hall–Kier alpha value is -0.220. The first-order chi connectivity index (χ1) is 6.62. The van der Waals surface area contributed by atoms with Crippen molar-refractivity contribution in [3.05, 3.63) is 0 Å². The van der Waals surface area contributed by atoms with Crippen molar-refractivity contribution in [2.45, 2.75) is 32.6 Å². The van der Waals surface area contributed by atoms with Crippen molar-refractivity contribution in [3.63, 3.8) is 0 Å². The molecule has 0 saturated carbocycles. The van der Waals surface area contributed by atoms with Gasteiger partial charge in [-0.05, 0) is 19.8 Å². The second-order valence-corrected chi connectivity index (χ2v) is 4.73. The van der Waals surface area contributed by atoms with Crippen molar-refractivity contribution in [3.8, 4) is 0 Å². The van der Waals surface area contributed by atoms with Crippen LogP contribution in [0, 0.1) is 0 Å². The fourth-order valence-corrected chi connectivity index (χ4v) is 1.86. The van der Waals surface area contributed by atoms with E-state index in [-0.39, 0.29) is 12.8 Å². The molecular weight excluding hydrogens is 207 g/mol. The lowest BCUT2D eigenvalue weighted by Gasteiger charge is -2.09. The monoisotopic (exact) mass is 224 g/mol. The summed E-state index contributed by atoms with van der Waals surface area (Å²) in [5.41, 5.74) is 0. The molecule has 0 fully saturated rings. The predicted octanol–water partition coefficient (Wildman–Crippen LogP) is 1.90. The molecule has 0 aliphatic heterocycles. The highest BCUT2D eigenvalue weighted by molar-refractivity contribution is 7.52. The van der Waals surface area contributed by atoms with Crippen LogP contribution in [0.2, 0.25) is 0 Å². The Morgan fingerprint density at radius 1 is 1.36 bits per heavy atom. The maximum atomic E-state index is 11.1. The first-order valence-corrected chi connectivity index (χ1v) is 6.45. The highest BCUT2D eigenvalue weighted by Crippen LogP contribution is 2.42. The van der Waals surface area contributed by atoms with E-state index in [0.29, 0.717) is 12.8 Å². The van der Waals surface area contributed by atoms with Crippen LogP contribution in [-0.2, 0) is 18.9 Å². The van der Waals surface area contributed by atoms with Crippen LogP contribution in [0.5, 0.6) is 0 Å². The number of hydrogen-bond acceptors (Lipinski definition) is 4. The molecule has 0 heterocycles. The number of unbranched alkanes of at least 4 members (excludes halogenated alkanes) is 3. The minimum absolute atomic E-state index is 0.0753. The van der Waals surface area contributed by atoms with Gasteiger partial charge in [-0.2, -0.15) is 0 Å². The molecule has 0 spiro atoms. The van der Waals surface area contributed by atoms with Gasteiger partial charge in [0.2, 0.25) is 0 Å². The van der Waals surface area contributed by atoms with Crippen LogP contribution in [0.25, 0.3) is 0 Å². The Balaban J connectivity index is 3.45. The van der Waals surface area contributed by atoms with E-state index in [1.165, 1.54) is 0 Å². The Morgan fingerprint density at radius 2 is 2.07 bits per heavy atom. The van der Waals surface area contributed by atoms with Gasteiger partial charge in [0, 0.05) is 6.42 Å². The average Bonchev–Trinajstić information content (AvgIpc) is 2.15. The second kappa shape index (κ2) is 8.12. The molecule has 0 rings (SSSR count). The van der Waals surface area contributed by atoms with Gasteiger partial charge in [0.1, 0.15) is 6.29 Å². The predicted molar refractivity (Wildman–Crippen MR) is 51.9 cm³/mol. The molecule has 84 valence electrons. The van der Waals surface area contributed by atoms with E-state index < -0.39 is 7.60 Å². The van der Waals surface area contributed by atoms with E-state index >= 15 is 0 Å². The van der Waals surface area contributed by atoms with Crippen LogP contribution in [0.1, 0.15) is 32.6 Å². The van der Waals surface area contributed by atoms with Gasteiger partial charge in [0.25, 0.3) is 0 Å². The third-order valence-corrected chi connectivity index (χ3v) is 2.77. The maximum absolute atomic E-state index is 11.1. The summed E-state index contributed by atoms with van der Waals surface area (Å²) >= 11 is 0. The fourth-order valence-electron chi connectivity index (χ4n) is 0.888. The second-order valence-electron chi connectivity index (χ2n) is 2.86. The van der Waals surface area contributed by atoms with Crippen LogP contribution in [0.15, 0.2) is 0 Å². The summed E-state index contributed by atoms with van der Waals surface area (Å²) in [7, 11) is -3.57. The summed E-state index contributed by atoms with van der Waals surface area (Å²) in [5, 5.41) is 0. The third kappa shape index (κ3) is 8.38. The molecule has 0 amide bonds. The van der Waals surface area contributed by atoms with Gasteiger partial charge in [0.15, 0.2) is 0 Å². The average molecular weight is 224 g/mol. The number of rotatable bonds is 9. The summed E-state index contributed by atoms with van der Waals surface area (Å²) < 4.78 is 15.5. The quantitative estimate of drug-likeness (QED) is 0.213. The van der Waals surface area contributed by atoms with Crippen molar-refractivity contribution in [1.29, 1.82) is 0 Å². The molecule has 1 N–H and O–H groups in total. The minimum atomic E-state index is -3.57. The zero-order valence-electron chi connectivity index (χ0n) is 8.35. The molecule has 0 aromatic heterocycles. The topological polar surface area (TPSA) is 72.8 Å². The summed E-state index contributed by atoms with van der Waals surface area (Å²) in [6.45, 7) is 1.92. The van der Waals surface area contributed by atoms with Crippen LogP contribution in [-0.4, -0.2) is 23.9 Å². The number of hydrogen-bond donors (Lipinski definition) is 1. The standard InChI is InChI=1S/C8H17O5P/c1-2-12-13-14(10,11)8-6-4-3-5-7-9/h7H,2-6,8H2,1H3,(H,10,11). The van der Waals surface area contributed by atoms with Crippen molar-refractivity contribution >= 4 is 13.9 Å². The molecular formula is C8H17O5P. The van der Waals surface area contributed by atoms with E-state index in [0.717, 1.165) is 19.1 Å². The summed E-state index contributed by atoms with van der Waals surface area (Å²) in [6.07, 6.45) is 3.48. The number of carbonyl (C=O) groups is 1. The van der Waals surface area contributed by atoms with Gasteiger partial charge in [-0.25, -0.2) is 4.89 Å². The van der Waals surface area contributed by atoms with Crippen molar-refractivity contribution < 1.29 is 23.8 Å². The normalized spacial score (nSPS) is 15.0. The highest BCUT2D eigenvalue weighted by atomic mass is 31.2. The van der Waals surface area contributed by atoms with Crippen LogP contribution < -0.4 is 0 Å². The molecule has 0 bridgehead atoms. The number of aldehydes is 1. The van der Waals surface area contributed by atoms with Gasteiger partial charge < -0.3 is 9.69 Å². The molecule has 5 nitrogen and oxygen atoms in total. The fraction of sp³-hybridized carbons (Fsp3) is 0.875. The number of carbonyl (C=O) groups excluding carboxylic acids is 1. The van der Waals surface area contributed by atoms with E-state index in [2.05, 4.69) is 9.56 Å². The molecule has 1 unspecified atom stereocenters. The van der Waals surface area contributed by atoms with Crippen molar-refractivity contribution in [1.82, 2.24) is 0 Å². The Labute approximate surface area is 83.9 Å². The van der Waals surface area contributed by atoms with Gasteiger partial charge in [-0.1, -0.05) is 6.42 Å². The van der Waals surface area contributed by atoms with Crippen LogP contribution >= 0.6 is 7.60 Å². The Bertz CT molecular complexity index is 194. The van der Waals surface area contributed by atoms with Gasteiger partial charge >= 0.3 is 7.60 Å². The van der Waals surface area contributed by atoms with Crippen LogP contribution in [0.3, 0.4) is 0 Å². The molecule has 1 atom stereocenters. The SMILES string of the molecule is CCOOP(=O)(O)CCCCCC=O. The van der Waals surface area contributed by atoms with Gasteiger partial charge in [-0.3, -0.25) is 4.57 Å². The Morgan fingerprint density at radius 3 is 2.64 bits per heavy atom. The zero-order valence-corrected chi connectivity index (χ0v) is 9.24. The Kier molecular flexibility index (Phi) is 7.99. The maximum Gasteiger partial charge on any atom is 0.355 e. The molecule has 0 aliphatic rings. The first kappa shape index (κ1) is 13.8. The molecule has 0 aromatic rings. The first-order valence-electron chi connectivity index (χ1n) is 4.69. The lowest BCUT2D eigenvalue weighted by atomic mass is 10.2. The van der Waals surface area contributed by atoms with Gasteiger partial charge in [-0.15, -0.1) is 4.67 Å². The van der Waals surface area contributed by atoms with Crippen molar-refractivity contribution in [2.75, 3.05) is 12.8 Å². The molecule has 6 heteroatoms. The lowest BCUT2D eigenvalue weighted by Crippen LogP contribution is -1.96. The zero-order chi connectivity index (χ0) is 10.9. The summed E-state index contributed by atoms with van der Waals surface area (Å²) in [6, 6.07) is 0. The molecule has 0 aromatic carbocycles. The molecule has 0 saturated heterocycles. The smallest absolute Gasteiger partial charge is 0.323 e. The summed E-state index contributed by atoms with van der Waals surface area (Å²) in [4.78, 5) is 23.5. The van der Waals surface area contributed by atoms with Gasteiger partial charge in [0.05, 0.1) is 12.8 Å². The van der Waals surface area contributed by atoms with Crippen LogP contribution in [0.4, 0.5) is 0 Å². The van der Waals surface area contributed by atoms with Crippen molar-refractivity contribution in [2.24, 2.45) is 0 Å². The van der Waals surface area contributed by atoms with E-state index in [4.69, 9.17) is 4.89 Å². The molecule has 0 aliphatic carbocycles. The molecule has 14 heavy (non-hydrogen) atoms. The van der Waals surface area contributed by atoms with E-state index in [9.17, 15) is 9.36 Å². The highest BCUT2D eigenvalue weighted by Gasteiger charge is 2.19. The minimum Gasteiger partial charge on any atom is -0.323 e. The van der Waals surface area contributed by atoms with E-state index in [1.54, 1.807) is 6.92 Å². The lowest BCUT2D eigenvalue weighted by molar-refractivity contribution is -0.208. The third-order valence-electron chi connectivity index (χ3n) is 1.55.